The van der Waals surface area contributed by atoms with Crippen LogP contribution in [0.2, 0.25) is 0 Å². The number of para-hydroxylation sites is 2. The highest BCUT2D eigenvalue weighted by molar-refractivity contribution is 5.95. The second-order valence-electron chi connectivity index (χ2n) is 6.73. The molecule has 2 aromatic carbocycles. The van der Waals surface area contributed by atoms with E-state index in [0.29, 0.717) is 36.8 Å². The molecular formula is C21H22N2O5. The minimum atomic E-state index is -0.240. The lowest BCUT2D eigenvalue weighted by atomic mass is 10.2. The topological polar surface area (TPSA) is 77.1 Å². The maximum absolute atomic E-state index is 12.0. The van der Waals surface area contributed by atoms with Crippen LogP contribution in [-0.4, -0.2) is 44.2 Å². The summed E-state index contributed by atoms with van der Waals surface area (Å²) in [5.74, 6) is 1.89. The monoisotopic (exact) mass is 382 g/mol. The Morgan fingerprint density at radius 3 is 2.68 bits per heavy atom. The molecule has 2 aliphatic rings. The molecule has 0 bridgehead atoms. The molecule has 7 heteroatoms. The molecule has 1 fully saturated rings. The molecule has 1 saturated heterocycles. The van der Waals surface area contributed by atoms with Crippen molar-refractivity contribution >= 4 is 17.5 Å². The third-order valence-electron chi connectivity index (χ3n) is 4.69. The van der Waals surface area contributed by atoms with Gasteiger partial charge in [0.2, 0.25) is 5.91 Å². The second kappa shape index (κ2) is 8.21. The van der Waals surface area contributed by atoms with Crippen LogP contribution in [-0.2, 0) is 9.59 Å². The third kappa shape index (κ3) is 4.19. The smallest absolute Gasteiger partial charge is 0.258 e. The molecule has 1 N–H and O–H groups in total. The maximum atomic E-state index is 12.0. The molecule has 0 spiro atoms. The first kappa shape index (κ1) is 18.2. The minimum Gasteiger partial charge on any atom is -0.486 e. The number of fused-ring (bicyclic) bond motifs is 1. The van der Waals surface area contributed by atoms with Gasteiger partial charge in [0.15, 0.2) is 18.1 Å². The van der Waals surface area contributed by atoms with Gasteiger partial charge in [-0.25, -0.2) is 0 Å². The van der Waals surface area contributed by atoms with Gasteiger partial charge in [-0.1, -0.05) is 12.1 Å². The van der Waals surface area contributed by atoms with Gasteiger partial charge in [0.05, 0.1) is 6.54 Å². The van der Waals surface area contributed by atoms with Crippen LogP contribution in [0.1, 0.15) is 12.8 Å². The highest BCUT2D eigenvalue weighted by atomic mass is 16.6. The van der Waals surface area contributed by atoms with Crippen molar-refractivity contribution in [1.29, 1.82) is 0 Å². The van der Waals surface area contributed by atoms with E-state index in [1.54, 1.807) is 17.0 Å². The van der Waals surface area contributed by atoms with Gasteiger partial charge in [-0.2, -0.15) is 0 Å². The number of carbonyl (C=O) groups is 2. The summed E-state index contributed by atoms with van der Waals surface area (Å²) in [6, 6.07) is 14.7. The zero-order chi connectivity index (χ0) is 19.3. The fourth-order valence-electron chi connectivity index (χ4n) is 3.23. The zero-order valence-corrected chi connectivity index (χ0v) is 15.4. The molecule has 0 radical (unpaired) electrons. The van der Waals surface area contributed by atoms with Crippen LogP contribution < -0.4 is 24.4 Å². The number of ether oxygens (including phenoxy) is 3. The van der Waals surface area contributed by atoms with Crippen molar-refractivity contribution in [3.8, 4) is 17.2 Å². The Balaban J connectivity index is 1.21. The standard InChI is InChI=1S/C21H22N2O5/c24-20(22-12-17-13-27-18-4-1-2-5-19(18)28-17)14-26-16-9-7-15(8-10-16)23-11-3-6-21(23)25/h1-2,4-5,7-10,17H,3,6,11-14H2,(H,22,24)/t17-/m1/s1. The summed E-state index contributed by atoms with van der Waals surface area (Å²) >= 11 is 0. The molecule has 2 aromatic rings. The molecular weight excluding hydrogens is 360 g/mol. The Morgan fingerprint density at radius 2 is 1.93 bits per heavy atom. The van der Waals surface area contributed by atoms with E-state index in [4.69, 9.17) is 14.2 Å². The summed E-state index contributed by atoms with van der Waals surface area (Å²) in [5, 5.41) is 2.79. The number of carbonyl (C=O) groups excluding carboxylic acids is 2. The van der Waals surface area contributed by atoms with Crippen molar-refractivity contribution in [2.24, 2.45) is 0 Å². The summed E-state index contributed by atoms with van der Waals surface area (Å²) in [7, 11) is 0. The largest absolute Gasteiger partial charge is 0.486 e. The quantitative estimate of drug-likeness (QED) is 0.828. The molecule has 0 aliphatic carbocycles. The predicted octanol–water partition coefficient (Wildman–Crippen LogP) is 2.15. The molecule has 2 heterocycles. The van der Waals surface area contributed by atoms with Gasteiger partial charge in [-0.05, 0) is 42.8 Å². The van der Waals surface area contributed by atoms with E-state index >= 15 is 0 Å². The van der Waals surface area contributed by atoms with Gasteiger partial charge >= 0.3 is 0 Å². The van der Waals surface area contributed by atoms with Crippen LogP contribution in [0.4, 0.5) is 5.69 Å². The third-order valence-corrected chi connectivity index (χ3v) is 4.69. The Labute approximate surface area is 163 Å². The van der Waals surface area contributed by atoms with Gasteiger partial charge in [0.25, 0.3) is 5.91 Å². The molecule has 0 unspecified atom stereocenters. The number of benzene rings is 2. The van der Waals surface area contributed by atoms with Gasteiger partial charge in [-0.3, -0.25) is 9.59 Å². The van der Waals surface area contributed by atoms with E-state index in [2.05, 4.69) is 5.32 Å². The lowest BCUT2D eigenvalue weighted by molar-refractivity contribution is -0.123. The first-order chi connectivity index (χ1) is 13.7. The number of nitrogens with zero attached hydrogens (tertiary/aromatic N) is 1. The van der Waals surface area contributed by atoms with Crippen molar-refractivity contribution in [1.82, 2.24) is 5.32 Å². The molecule has 1 atom stereocenters. The summed E-state index contributed by atoms with van der Waals surface area (Å²) in [6.45, 7) is 1.38. The summed E-state index contributed by atoms with van der Waals surface area (Å²) < 4.78 is 16.9. The van der Waals surface area contributed by atoms with E-state index in [1.807, 2.05) is 36.4 Å². The van der Waals surface area contributed by atoms with Crippen molar-refractivity contribution in [3.05, 3.63) is 48.5 Å². The summed E-state index contributed by atoms with van der Waals surface area (Å²) in [5.41, 5.74) is 0.856. The van der Waals surface area contributed by atoms with Gasteiger partial charge < -0.3 is 24.4 Å². The highest BCUT2D eigenvalue weighted by Gasteiger charge is 2.22. The molecule has 2 amide bonds. The molecule has 0 aromatic heterocycles. The summed E-state index contributed by atoms with van der Waals surface area (Å²) in [6.07, 6.45) is 1.24. The fraction of sp³-hybridized carbons (Fsp3) is 0.333. The molecule has 0 saturated carbocycles. The Kier molecular flexibility index (Phi) is 5.32. The average molecular weight is 382 g/mol. The van der Waals surface area contributed by atoms with Crippen LogP contribution in [0.5, 0.6) is 17.2 Å². The van der Waals surface area contributed by atoms with Crippen molar-refractivity contribution in [2.75, 3.05) is 31.2 Å². The van der Waals surface area contributed by atoms with Gasteiger partial charge in [0.1, 0.15) is 18.5 Å². The molecule has 7 nitrogen and oxygen atoms in total. The molecule has 4 rings (SSSR count). The van der Waals surface area contributed by atoms with E-state index in [-0.39, 0.29) is 24.5 Å². The number of nitrogens with one attached hydrogen (secondary N) is 1. The number of hydrogen-bond acceptors (Lipinski definition) is 5. The number of hydrogen-bond donors (Lipinski definition) is 1. The number of amides is 2. The normalized spacial score (nSPS) is 18.1. The number of anilines is 1. The number of rotatable bonds is 6. The van der Waals surface area contributed by atoms with Crippen LogP contribution >= 0.6 is 0 Å². The van der Waals surface area contributed by atoms with E-state index in [9.17, 15) is 9.59 Å². The first-order valence-corrected chi connectivity index (χ1v) is 9.37. The van der Waals surface area contributed by atoms with Crippen molar-refractivity contribution in [2.45, 2.75) is 18.9 Å². The van der Waals surface area contributed by atoms with E-state index in [0.717, 1.165) is 18.7 Å². The second-order valence-corrected chi connectivity index (χ2v) is 6.73. The lowest BCUT2D eigenvalue weighted by Gasteiger charge is -2.26. The van der Waals surface area contributed by atoms with E-state index < -0.39 is 0 Å². The lowest BCUT2D eigenvalue weighted by Crippen LogP contribution is -2.42. The van der Waals surface area contributed by atoms with Crippen LogP contribution in [0.15, 0.2) is 48.5 Å². The Bertz CT molecular complexity index is 852. The average Bonchev–Trinajstić information content (AvgIpc) is 3.17. The first-order valence-electron chi connectivity index (χ1n) is 9.37. The van der Waals surface area contributed by atoms with Crippen LogP contribution in [0, 0.1) is 0 Å². The van der Waals surface area contributed by atoms with Crippen molar-refractivity contribution < 1.29 is 23.8 Å². The molecule has 146 valence electrons. The van der Waals surface area contributed by atoms with E-state index in [1.165, 1.54) is 0 Å². The predicted molar refractivity (Wildman–Crippen MR) is 103 cm³/mol. The fourth-order valence-corrected chi connectivity index (χ4v) is 3.23. The SMILES string of the molecule is O=C(COc1ccc(N2CCCC2=O)cc1)NC[C@@H]1COc2ccccc2O1. The maximum Gasteiger partial charge on any atom is 0.258 e. The molecule has 2 aliphatic heterocycles. The summed E-state index contributed by atoms with van der Waals surface area (Å²) in [4.78, 5) is 25.6. The molecule has 28 heavy (non-hydrogen) atoms. The van der Waals surface area contributed by atoms with Crippen molar-refractivity contribution in [3.63, 3.8) is 0 Å². The Morgan fingerprint density at radius 1 is 1.14 bits per heavy atom. The van der Waals surface area contributed by atoms with Gasteiger partial charge in [0, 0.05) is 18.7 Å². The zero-order valence-electron chi connectivity index (χ0n) is 15.4. The van der Waals surface area contributed by atoms with Crippen LogP contribution in [0.25, 0.3) is 0 Å². The Hall–Kier alpha value is -3.22. The highest BCUT2D eigenvalue weighted by Crippen LogP contribution is 2.30. The minimum absolute atomic E-state index is 0.0911. The van der Waals surface area contributed by atoms with Gasteiger partial charge in [-0.15, -0.1) is 0 Å². The van der Waals surface area contributed by atoms with Crippen LogP contribution in [0.3, 0.4) is 0 Å².